The maximum atomic E-state index is 6.11. The van der Waals surface area contributed by atoms with E-state index < -0.39 is 0 Å². The lowest BCUT2D eigenvalue weighted by Crippen LogP contribution is -2.34. The van der Waals surface area contributed by atoms with Gasteiger partial charge in [0.15, 0.2) is 0 Å². The van der Waals surface area contributed by atoms with Crippen LogP contribution in [-0.4, -0.2) is 32.5 Å². The molecule has 0 aromatic heterocycles. The van der Waals surface area contributed by atoms with Crippen LogP contribution < -0.4 is 5.32 Å². The van der Waals surface area contributed by atoms with Gasteiger partial charge < -0.3 is 14.8 Å². The lowest BCUT2D eigenvalue weighted by Gasteiger charge is -2.25. The zero-order valence-corrected chi connectivity index (χ0v) is 11.5. The molecule has 100 valence electrons. The van der Waals surface area contributed by atoms with E-state index in [4.69, 9.17) is 9.47 Å². The van der Waals surface area contributed by atoms with Crippen molar-refractivity contribution >= 4 is 0 Å². The van der Waals surface area contributed by atoms with Crippen LogP contribution in [-0.2, 0) is 15.9 Å². The highest BCUT2D eigenvalue weighted by molar-refractivity contribution is 5.36. The molecule has 3 atom stereocenters. The van der Waals surface area contributed by atoms with E-state index in [1.54, 1.807) is 7.11 Å². The summed E-state index contributed by atoms with van der Waals surface area (Å²) in [5.74, 6) is 0. The molecule has 1 aromatic carbocycles. The van der Waals surface area contributed by atoms with E-state index in [0.717, 1.165) is 13.0 Å². The first-order valence-electron chi connectivity index (χ1n) is 6.71. The fourth-order valence-electron chi connectivity index (χ4n) is 2.72. The predicted molar refractivity (Wildman–Crippen MR) is 72.8 cm³/mol. The minimum Gasteiger partial charge on any atom is -0.382 e. The van der Waals surface area contributed by atoms with Gasteiger partial charge in [-0.2, -0.15) is 0 Å². The van der Waals surface area contributed by atoms with Gasteiger partial charge in [-0.25, -0.2) is 0 Å². The number of nitrogens with one attached hydrogen (secondary N) is 1. The first kappa shape index (κ1) is 13.5. The average Bonchev–Trinajstić information content (AvgIpc) is 2.68. The highest BCUT2D eigenvalue weighted by Gasteiger charge is 2.33. The Kier molecular flexibility index (Phi) is 4.75. The van der Waals surface area contributed by atoms with E-state index in [0.29, 0.717) is 12.6 Å². The average molecular weight is 249 g/mol. The third kappa shape index (κ3) is 2.91. The van der Waals surface area contributed by atoms with Crippen molar-refractivity contribution in [2.24, 2.45) is 0 Å². The predicted octanol–water partition coefficient (Wildman–Crippen LogP) is 2.31. The minimum atomic E-state index is 0.135. The van der Waals surface area contributed by atoms with Gasteiger partial charge in [-0.15, -0.1) is 0 Å². The first-order valence-corrected chi connectivity index (χ1v) is 6.71. The van der Waals surface area contributed by atoms with Gasteiger partial charge in [0.05, 0.1) is 24.9 Å². The number of ether oxygens (including phenoxy) is 2. The number of likely N-dealkylation sites (N-methyl/N-ethyl adjacent to an activating group) is 1. The van der Waals surface area contributed by atoms with Crippen LogP contribution in [0.15, 0.2) is 24.3 Å². The maximum absolute atomic E-state index is 6.11. The third-order valence-corrected chi connectivity index (χ3v) is 3.42. The molecular weight excluding hydrogens is 226 g/mol. The summed E-state index contributed by atoms with van der Waals surface area (Å²) in [7, 11) is 1.71. The summed E-state index contributed by atoms with van der Waals surface area (Å²) in [6.45, 7) is 5.80. The van der Waals surface area contributed by atoms with Gasteiger partial charge in [-0.05, 0) is 24.6 Å². The quantitative estimate of drug-likeness (QED) is 0.839. The van der Waals surface area contributed by atoms with Crippen LogP contribution in [0, 0.1) is 0 Å². The topological polar surface area (TPSA) is 30.5 Å². The molecule has 1 aliphatic carbocycles. The lowest BCUT2D eigenvalue weighted by atomic mass is 10.1. The number of rotatable bonds is 6. The van der Waals surface area contributed by atoms with E-state index in [1.165, 1.54) is 11.1 Å². The van der Waals surface area contributed by atoms with Crippen molar-refractivity contribution in [2.75, 3.05) is 20.3 Å². The van der Waals surface area contributed by atoms with E-state index in [2.05, 4.69) is 43.4 Å². The molecule has 18 heavy (non-hydrogen) atoms. The van der Waals surface area contributed by atoms with E-state index in [-0.39, 0.29) is 12.2 Å². The number of hydrogen-bond acceptors (Lipinski definition) is 3. The molecule has 0 amide bonds. The van der Waals surface area contributed by atoms with E-state index >= 15 is 0 Å². The molecule has 0 bridgehead atoms. The van der Waals surface area contributed by atoms with Gasteiger partial charge >= 0.3 is 0 Å². The zero-order valence-electron chi connectivity index (χ0n) is 11.5. The third-order valence-electron chi connectivity index (χ3n) is 3.42. The van der Waals surface area contributed by atoms with Crippen molar-refractivity contribution in [1.82, 2.24) is 5.32 Å². The normalized spacial score (nSPS) is 23.9. The number of fused-ring (bicyclic) bond motifs is 1. The van der Waals surface area contributed by atoms with Crippen molar-refractivity contribution in [3.63, 3.8) is 0 Å². The number of hydrogen-bond donors (Lipinski definition) is 1. The summed E-state index contributed by atoms with van der Waals surface area (Å²) >= 11 is 0. The van der Waals surface area contributed by atoms with Gasteiger partial charge in [-0.1, -0.05) is 31.2 Å². The minimum absolute atomic E-state index is 0.135. The Morgan fingerprint density at radius 2 is 2.17 bits per heavy atom. The Morgan fingerprint density at radius 1 is 1.39 bits per heavy atom. The fraction of sp³-hybridized carbons (Fsp3) is 0.600. The van der Waals surface area contributed by atoms with Gasteiger partial charge in [0.25, 0.3) is 0 Å². The second-order valence-electron chi connectivity index (χ2n) is 4.88. The molecule has 0 radical (unpaired) electrons. The molecule has 0 spiro atoms. The summed E-state index contributed by atoms with van der Waals surface area (Å²) in [4.78, 5) is 0. The fourth-order valence-corrected chi connectivity index (χ4v) is 2.72. The zero-order chi connectivity index (χ0) is 13.0. The van der Waals surface area contributed by atoms with Gasteiger partial charge in [0.1, 0.15) is 0 Å². The van der Waals surface area contributed by atoms with Crippen molar-refractivity contribution in [3.8, 4) is 0 Å². The Morgan fingerprint density at radius 3 is 2.89 bits per heavy atom. The highest BCUT2D eigenvalue weighted by atomic mass is 16.5. The summed E-state index contributed by atoms with van der Waals surface area (Å²) < 4.78 is 11.3. The second kappa shape index (κ2) is 6.32. The maximum Gasteiger partial charge on any atom is 0.0814 e. The molecule has 0 heterocycles. The smallest absolute Gasteiger partial charge is 0.0814 e. The second-order valence-corrected chi connectivity index (χ2v) is 4.88. The van der Waals surface area contributed by atoms with Crippen molar-refractivity contribution in [2.45, 2.75) is 38.5 Å². The molecule has 1 N–H and O–H groups in total. The number of methoxy groups -OCH3 is 1. The first-order chi connectivity index (χ1) is 8.76. The molecule has 0 fully saturated rings. The molecule has 3 nitrogen and oxygen atoms in total. The van der Waals surface area contributed by atoms with Crippen LogP contribution in [0.4, 0.5) is 0 Å². The van der Waals surface area contributed by atoms with Gasteiger partial charge in [0, 0.05) is 13.5 Å². The summed E-state index contributed by atoms with van der Waals surface area (Å²) in [6.07, 6.45) is 1.34. The van der Waals surface area contributed by atoms with Crippen LogP contribution >= 0.6 is 0 Å². The van der Waals surface area contributed by atoms with Crippen LogP contribution in [0.2, 0.25) is 0 Å². The van der Waals surface area contributed by atoms with Gasteiger partial charge in [-0.3, -0.25) is 0 Å². The molecule has 0 saturated carbocycles. The molecule has 2 rings (SSSR count). The Bertz CT molecular complexity index is 381. The van der Waals surface area contributed by atoms with E-state index in [1.807, 2.05) is 0 Å². The molecule has 1 aromatic rings. The van der Waals surface area contributed by atoms with Crippen LogP contribution in [0.25, 0.3) is 0 Å². The summed E-state index contributed by atoms with van der Waals surface area (Å²) in [5.41, 5.74) is 2.78. The molecular formula is C15H23NO2. The highest BCUT2D eigenvalue weighted by Crippen LogP contribution is 2.33. The van der Waals surface area contributed by atoms with Crippen molar-refractivity contribution < 1.29 is 9.47 Å². The molecule has 3 heteroatoms. The van der Waals surface area contributed by atoms with Crippen molar-refractivity contribution in [1.29, 1.82) is 0 Å². The molecule has 3 unspecified atom stereocenters. The number of benzene rings is 1. The summed E-state index contributed by atoms with van der Waals surface area (Å²) in [5, 5.41) is 3.53. The van der Waals surface area contributed by atoms with Crippen LogP contribution in [0.3, 0.4) is 0 Å². The molecule has 0 aliphatic heterocycles. The molecule has 1 aliphatic rings. The van der Waals surface area contributed by atoms with Crippen LogP contribution in [0.1, 0.15) is 31.0 Å². The van der Waals surface area contributed by atoms with E-state index in [9.17, 15) is 0 Å². The summed E-state index contributed by atoms with van der Waals surface area (Å²) in [6, 6.07) is 8.91. The standard InChI is InChI=1S/C15H23NO2/c1-4-16-15-13-8-6-5-7-12(13)9-14(15)18-11(2)10-17-3/h5-8,11,14-16H,4,9-10H2,1-3H3. The van der Waals surface area contributed by atoms with Gasteiger partial charge in [0.2, 0.25) is 0 Å². The SMILES string of the molecule is CCNC1c2ccccc2CC1OC(C)COC. The monoisotopic (exact) mass is 249 g/mol. The molecule has 0 saturated heterocycles. The lowest BCUT2D eigenvalue weighted by molar-refractivity contribution is -0.0482. The Balaban J connectivity index is 2.08. The Labute approximate surface area is 109 Å². The van der Waals surface area contributed by atoms with Crippen molar-refractivity contribution in [3.05, 3.63) is 35.4 Å². The largest absolute Gasteiger partial charge is 0.382 e. The Hall–Kier alpha value is -0.900. The van der Waals surface area contributed by atoms with Crippen LogP contribution in [0.5, 0.6) is 0 Å².